The van der Waals surface area contributed by atoms with Crippen molar-refractivity contribution in [1.82, 2.24) is 9.55 Å². The number of rotatable bonds is 2. The Morgan fingerprint density at radius 1 is 1.59 bits per heavy atom. The van der Waals surface area contributed by atoms with Gasteiger partial charge in [0.25, 0.3) is 5.56 Å². The second-order valence-electron chi connectivity index (χ2n) is 4.24. The van der Waals surface area contributed by atoms with Gasteiger partial charge in [-0.15, -0.1) is 0 Å². The minimum atomic E-state index is -0.490. The third-order valence-corrected chi connectivity index (χ3v) is 2.97. The van der Waals surface area contributed by atoms with Gasteiger partial charge in [0, 0.05) is 30.8 Å². The second-order valence-corrected chi connectivity index (χ2v) is 4.24. The molecule has 0 amide bonds. The van der Waals surface area contributed by atoms with Gasteiger partial charge in [-0.1, -0.05) is 0 Å². The molecule has 1 fully saturated rings. The Kier molecular flexibility index (Phi) is 3.14. The largest absolute Gasteiger partial charge is 0.352 e. The lowest BCUT2D eigenvalue weighted by atomic mass is 10.1. The Hall–Kier alpha value is -1.44. The third kappa shape index (κ3) is 2.17. The van der Waals surface area contributed by atoms with Crippen LogP contribution in [0.4, 0.5) is 0 Å². The number of hydrogen-bond acceptors (Lipinski definition) is 5. The molecule has 1 aromatic rings. The van der Waals surface area contributed by atoms with E-state index in [-0.39, 0.29) is 17.7 Å². The van der Waals surface area contributed by atoms with E-state index in [4.69, 9.17) is 16.2 Å². The SMILES string of the molecule is Cc1cn([C@H]2C[C@@H](N)[C@@H](CN)O2)c(=O)[nH]c1=O. The number of H-pyrrole nitrogens is 1. The highest BCUT2D eigenvalue weighted by molar-refractivity contribution is 5.02. The van der Waals surface area contributed by atoms with E-state index in [1.165, 1.54) is 10.8 Å². The zero-order valence-corrected chi connectivity index (χ0v) is 9.55. The van der Waals surface area contributed by atoms with Gasteiger partial charge in [-0.25, -0.2) is 4.79 Å². The molecular weight excluding hydrogens is 224 g/mol. The summed E-state index contributed by atoms with van der Waals surface area (Å²) in [6, 6.07) is -0.191. The molecule has 1 aliphatic heterocycles. The Morgan fingerprint density at radius 2 is 2.29 bits per heavy atom. The zero-order valence-electron chi connectivity index (χ0n) is 9.55. The maximum absolute atomic E-state index is 11.6. The van der Waals surface area contributed by atoms with E-state index in [0.717, 1.165) is 0 Å². The molecule has 0 radical (unpaired) electrons. The van der Waals surface area contributed by atoms with Crippen LogP contribution in [0.3, 0.4) is 0 Å². The molecule has 1 aromatic heterocycles. The van der Waals surface area contributed by atoms with Crippen LogP contribution in [0, 0.1) is 6.92 Å². The van der Waals surface area contributed by atoms with Gasteiger partial charge < -0.3 is 16.2 Å². The number of nitrogens with one attached hydrogen (secondary N) is 1. The molecule has 0 unspecified atom stereocenters. The van der Waals surface area contributed by atoms with Gasteiger partial charge in [-0.3, -0.25) is 14.3 Å². The first-order valence-corrected chi connectivity index (χ1v) is 5.46. The van der Waals surface area contributed by atoms with Crippen molar-refractivity contribution in [3.8, 4) is 0 Å². The molecule has 0 saturated carbocycles. The molecule has 0 aliphatic carbocycles. The molecule has 3 atom stereocenters. The van der Waals surface area contributed by atoms with Gasteiger partial charge >= 0.3 is 5.69 Å². The van der Waals surface area contributed by atoms with E-state index in [0.29, 0.717) is 18.5 Å². The fraction of sp³-hybridized carbons (Fsp3) is 0.600. The van der Waals surface area contributed by atoms with Crippen molar-refractivity contribution in [2.45, 2.75) is 31.7 Å². The quantitative estimate of drug-likeness (QED) is 0.577. The van der Waals surface area contributed by atoms with Gasteiger partial charge in [-0.05, 0) is 6.92 Å². The molecule has 5 N–H and O–H groups in total. The minimum Gasteiger partial charge on any atom is -0.352 e. The van der Waals surface area contributed by atoms with Crippen molar-refractivity contribution in [3.05, 3.63) is 32.6 Å². The molecule has 7 heteroatoms. The lowest BCUT2D eigenvalue weighted by Gasteiger charge is -2.15. The Morgan fingerprint density at radius 3 is 2.88 bits per heavy atom. The van der Waals surface area contributed by atoms with Crippen LogP contribution in [0.15, 0.2) is 15.8 Å². The average Bonchev–Trinajstić information content (AvgIpc) is 2.65. The molecule has 0 aromatic carbocycles. The van der Waals surface area contributed by atoms with Crippen LogP contribution in [-0.2, 0) is 4.74 Å². The van der Waals surface area contributed by atoms with E-state index in [2.05, 4.69) is 4.98 Å². The second kappa shape index (κ2) is 4.44. The van der Waals surface area contributed by atoms with Crippen LogP contribution in [0.5, 0.6) is 0 Å². The fourth-order valence-electron chi connectivity index (χ4n) is 1.95. The summed E-state index contributed by atoms with van der Waals surface area (Å²) < 4.78 is 6.93. The molecule has 0 spiro atoms. The van der Waals surface area contributed by atoms with E-state index in [9.17, 15) is 9.59 Å². The molecule has 1 saturated heterocycles. The maximum Gasteiger partial charge on any atom is 0.330 e. The van der Waals surface area contributed by atoms with Gasteiger partial charge in [0.1, 0.15) is 6.23 Å². The monoisotopic (exact) mass is 240 g/mol. The van der Waals surface area contributed by atoms with Crippen molar-refractivity contribution in [1.29, 1.82) is 0 Å². The first-order valence-electron chi connectivity index (χ1n) is 5.46. The van der Waals surface area contributed by atoms with E-state index >= 15 is 0 Å². The molecule has 0 bridgehead atoms. The Balaban J connectivity index is 2.34. The molecule has 7 nitrogen and oxygen atoms in total. The average molecular weight is 240 g/mol. The lowest BCUT2D eigenvalue weighted by molar-refractivity contribution is 0.00155. The summed E-state index contributed by atoms with van der Waals surface area (Å²) in [4.78, 5) is 25.1. The van der Waals surface area contributed by atoms with Crippen LogP contribution in [0.1, 0.15) is 18.2 Å². The van der Waals surface area contributed by atoms with Gasteiger partial charge in [0.15, 0.2) is 0 Å². The van der Waals surface area contributed by atoms with Crippen LogP contribution in [-0.4, -0.2) is 28.2 Å². The van der Waals surface area contributed by atoms with Crippen molar-refractivity contribution in [3.63, 3.8) is 0 Å². The third-order valence-electron chi connectivity index (χ3n) is 2.97. The highest BCUT2D eigenvalue weighted by Gasteiger charge is 2.33. The first-order chi connectivity index (χ1) is 8.02. The zero-order chi connectivity index (χ0) is 12.6. The summed E-state index contributed by atoms with van der Waals surface area (Å²) in [5.41, 5.74) is 10.9. The molecule has 1 aliphatic rings. The molecule has 94 valence electrons. The van der Waals surface area contributed by atoms with E-state index in [1.54, 1.807) is 6.92 Å². The summed E-state index contributed by atoms with van der Waals surface area (Å²) in [5.74, 6) is 0. The molecular formula is C10H16N4O3. The topological polar surface area (TPSA) is 116 Å². The van der Waals surface area contributed by atoms with Gasteiger partial charge in [-0.2, -0.15) is 0 Å². The highest BCUT2D eigenvalue weighted by atomic mass is 16.5. The lowest BCUT2D eigenvalue weighted by Crippen LogP contribution is -2.36. The van der Waals surface area contributed by atoms with Crippen molar-refractivity contribution < 1.29 is 4.74 Å². The van der Waals surface area contributed by atoms with E-state index in [1.807, 2.05) is 0 Å². The number of nitrogens with zero attached hydrogens (tertiary/aromatic N) is 1. The van der Waals surface area contributed by atoms with Crippen molar-refractivity contribution in [2.24, 2.45) is 11.5 Å². The smallest absolute Gasteiger partial charge is 0.330 e. The molecule has 2 heterocycles. The minimum absolute atomic E-state index is 0.191. The predicted molar refractivity (Wildman–Crippen MR) is 61.6 cm³/mol. The summed E-state index contributed by atoms with van der Waals surface area (Å²) >= 11 is 0. The normalized spacial score (nSPS) is 28.5. The Bertz CT molecular complexity index is 521. The first kappa shape index (κ1) is 12.0. The molecule has 2 rings (SSSR count). The Labute approximate surface area is 97.4 Å². The van der Waals surface area contributed by atoms with E-state index < -0.39 is 11.9 Å². The number of aromatic amines is 1. The number of ether oxygens (including phenoxy) is 1. The predicted octanol–water partition coefficient (Wildman–Crippen LogP) is -1.58. The number of aryl methyl sites for hydroxylation is 1. The number of hydrogen-bond donors (Lipinski definition) is 3. The molecule has 17 heavy (non-hydrogen) atoms. The maximum atomic E-state index is 11.6. The van der Waals surface area contributed by atoms with Crippen LogP contribution >= 0.6 is 0 Å². The number of nitrogens with two attached hydrogens (primary N) is 2. The summed E-state index contributed by atoms with van der Waals surface area (Å²) in [6.45, 7) is 1.94. The van der Waals surface area contributed by atoms with Crippen LogP contribution in [0.2, 0.25) is 0 Å². The van der Waals surface area contributed by atoms with Gasteiger partial charge in [0.2, 0.25) is 0 Å². The van der Waals surface area contributed by atoms with Gasteiger partial charge in [0.05, 0.1) is 6.10 Å². The summed E-state index contributed by atoms with van der Waals surface area (Å²) in [7, 11) is 0. The van der Waals surface area contributed by atoms with Crippen LogP contribution in [0.25, 0.3) is 0 Å². The number of aromatic nitrogens is 2. The summed E-state index contributed by atoms with van der Waals surface area (Å²) in [5, 5.41) is 0. The highest BCUT2D eigenvalue weighted by Crippen LogP contribution is 2.25. The summed E-state index contributed by atoms with van der Waals surface area (Å²) in [6.07, 6.45) is 1.28. The van der Waals surface area contributed by atoms with Crippen molar-refractivity contribution >= 4 is 0 Å². The fourth-order valence-corrected chi connectivity index (χ4v) is 1.95. The van der Waals surface area contributed by atoms with Crippen LogP contribution < -0.4 is 22.7 Å². The van der Waals surface area contributed by atoms with Crippen molar-refractivity contribution in [2.75, 3.05) is 6.54 Å². The standard InChI is InChI=1S/C10H16N4O3/c1-5-4-14(10(16)13-9(5)15)8-2-6(12)7(3-11)17-8/h4,6-8H,2-3,11-12H2,1H3,(H,13,15,16)/t6-,7-,8-/m1/s1.